The Morgan fingerprint density at radius 3 is 1.15 bits per heavy atom. The van der Waals surface area contributed by atoms with Gasteiger partial charge in [-0.2, -0.15) is 0 Å². The van der Waals surface area contributed by atoms with Gasteiger partial charge in [-0.05, 0) is 77.0 Å². The lowest BCUT2D eigenvalue weighted by atomic mass is 10.0. The third-order valence-corrected chi connectivity index (χ3v) is 13.0. The van der Waals surface area contributed by atoms with Gasteiger partial charge in [-0.25, -0.2) is 4.57 Å². The van der Waals surface area contributed by atoms with Crippen molar-refractivity contribution in [3.05, 3.63) is 36.5 Å². The molecule has 0 rings (SSSR count). The molecule has 0 spiro atoms. The van der Waals surface area contributed by atoms with E-state index in [2.05, 4.69) is 57.2 Å². The highest BCUT2D eigenvalue weighted by molar-refractivity contribution is 7.47. The summed E-state index contributed by atoms with van der Waals surface area (Å²) in [4.78, 5) is 48.4. The molecule has 0 fully saturated rings. The van der Waals surface area contributed by atoms with Crippen LogP contribution in [0.1, 0.15) is 265 Å². The molecule has 0 aromatic heterocycles. The molecule has 0 amide bonds. The van der Waals surface area contributed by atoms with Crippen molar-refractivity contribution in [1.29, 1.82) is 0 Å². The molecule has 2 N–H and O–H groups in total. The summed E-state index contributed by atoms with van der Waals surface area (Å²) in [7, 11) is -4.74. The van der Waals surface area contributed by atoms with Gasteiger partial charge in [0.2, 0.25) is 0 Å². The lowest BCUT2D eigenvalue weighted by Gasteiger charge is -2.21. The van der Waals surface area contributed by atoms with Crippen LogP contribution in [0.25, 0.3) is 0 Å². The second-order valence-electron chi connectivity index (χ2n) is 18.7. The van der Waals surface area contributed by atoms with E-state index in [1.807, 2.05) is 0 Å². The van der Waals surface area contributed by atoms with Crippen molar-refractivity contribution >= 4 is 25.7 Å². The molecule has 398 valence electrons. The predicted molar refractivity (Wildman–Crippen MR) is 279 cm³/mol. The maximum atomic E-state index is 12.9. The summed E-state index contributed by atoms with van der Waals surface area (Å²) < 4.78 is 39.4. The minimum atomic E-state index is -4.74. The first kappa shape index (κ1) is 65.7. The summed E-state index contributed by atoms with van der Waals surface area (Å²) in [6.45, 7) is 4.60. The number of esters is 3. The predicted octanol–water partition coefficient (Wildman–Crippen LogP) is 16.0. The average Bonchev–Trinajstić information content (AvgIpc) is 3.32. The van der Waals surface area contributed by atoms with Crippen LogP contribution < -0.4 is 0 Å². The number of ether oxygens (including phenoxy) is 3. The maximum Gasteiger partial charge on any atom is 0.472 e. The van der Waals surface area contributed by atoms with E-state index in [1.54, 1.807) is 0 Å². The average molecular weight is 983 g/mol. The van der Waals surface area contributed by atoms with E-state index in [-0.39, 0.29) is 25.9 Å². The second kappa shape index (κ2) is 51.1. The molecule has 0 saturated heterocycles. The first-order valence-electron chi connectivity index (χ1n) is 27.9. The van der Waals surface area contributed by atoms with Gasteiger partial charge in [0.05, 0.1) is 19.8 Å². The molecule has 68 heavy (non-hydrogen) atoms. The Morgan fingerprint density at radius 1 is 0.412 bits per heavy atom. The number of hydrogen-bond acceptors (Lipinski definition) is 10. The number of aliphatic hydroxyl groups is 1. The molecule has 0 saturated carbocycles. The van der Waals surface area contributed by atoms with Gasteiger partial charge in [0.1, 0.15) is 12.7 Å². The van der Waals surface area contributed by atoms with Gasteiger partial charge in [-0.1, -0.05) is 205 Å². The molecule has 0 radical (unpaired) electrons. The Hall–Kier alpha value is -2.30. The zero-order chi connectivity index (χ0) is 49.9. The molecule has 0 aliphatic carbocycles. The second-order valence-corrected chi connectivity index (χ2v) is 20.2. The van der Waals surface area contributed by atoms with E-state index in [0.29, 0.717) is 19.3 Å². The molecule has 0 aliphatic heterocycles. The zero-order valence-electron chi connectivity index (χ0n) is 43.8. The fourth-order valence-corrected chi connectivity index (χ4v) is 8.52. The normalized spacial score (nSPS) is 13.7. The monoisotopic (exact) mass is 983 g/mol. The molecule has 0 aromatic carbocycles. The number of allylic oxidation sites excluding steroid dienone is 6. The third-order valence-electron chi connectivity index (χ3n) is 12.0. The Balaban J connectivity index is 4.73. The number of carbonyl (C=O) groups excluding carboxylic acids is 3. The molecule has 0 aliphatic rings. The first-order valence-corrected chi connectivity index (χ1v) is 29.4. The van der Waals surface area contributed by atoms with Gasteiger partial charge in [0.15, 0.2) is 6.10 Å². The van der Waals surface area contributed by atoms with E-state index in [0.717, 1.165) is 103 Å². The maximum absolute atomic E-state index is 12.9. The largest absolute Gasteiger partial charge is 0.472 e. The molecule has 0 heterocycles. The summed E-state index contributed by atoms with van der Waals surface area (Å²) in [5, 5.41) is 9.79. The summed E-state index contributed by atoms with van der Waals surface area (Å²) >= 11 is 0. The first-order chi connectivity index (χ1) is 33.2. The van der Waals surface area contributed by atoms with Crippen molar-refractivity contribution in [2.75, 3.05) is 26.4 Å². The van der Waals surface area contributed by atoms with Crippen LogP contribution in [0.4, 0.5) is 0 Å². The molecular formula is C56H103O11P. The van der Waals surface area contributed by atoms with E-state index >= 15 is 0 Å². The minimum Gasteiger partial charge on any atom is -0.462 e. The number of phosphoric acid groups is 1. The smallest absolute Gasteiger partial charge is 0.462 e. The van der Waals surface area contributed by atoms with E-state index in [1.165, 1.54) is 103 Å². The van der Waals surface area contributed by atoms with E-state index < -0.39 is 57.8 Å². The van der Waals surface area contributed by atoms with Crippen LogP contribution in [0.5, 0.6) is 0 Å². The Kier molecular flexibility index (Phi) is 49.3. The molecule has 3 atom stereocenters. The molecule has 11 nitrogen and oxygen atoms in total. The fourth-order valence-electron chi connectivity index (χ4n) is 7.73. The number of aliphatic hydroxyl groups excluding tert-OH is 1. The van der Waals surface area contributed by atoms with Crippen LogP contribution in [0.15, 0.2) is 36.5 Å². The van der Waals surface area contributed by atoms with Gasteiger partial charge in [0, 0.05) is 19.3 Å². The SMILES string of the molecule is CCCCC/C=C\C/C=C\CCCCCCCC(=O)OC(COC(=O)CCCCCCCCCCCCCCC)COP(=O)(O)OCC(CO)OC(=O)CCCCCCC/C=C\CCCCCC. The van der Waals surface area contributed by atoms with Crippen LogP contribution >= 0.6 is 7.82 Å². The van der Waals surface area contributed by atoms with Crippen molar-refractivity contribution < 1.29 is 52.2 Å². The molecular weight excluding hydrogens is 880 g/mol. The third kappa shape index (κ3) is 48.7. The summed E-state index contributed by atoms with van der Waals surface area (Å²) in [6, 6.07) is 0. The number of rotatable bonds is 52. The minimum absolute atomic E-state index is 0.154. The summed E-state index contributed by atoms with van der Waals surface area (Å²) in [5.74, 6) is -1.47. The standard InChI is InChI=1S/C56H103O11P/c1-4-7-10-13-16-19-22-25-26-29-32-35-38-41-44-47-56(60)67-53(49-63-54(58)45-42-39-36-33-30-27-23-20-17-14-11-8-5-2)51-65-68(61,62)64-50-52(48-57)66-55(59)46-43-40-37-34-31-28-24-21-18-15-12-9-6-3/h16,19,21,24-26,52-53,57H,4-15,17-18,20,22-23,27-51H2,1-3H3,(H,61,62)/b19-16-,24-21-,26-25-. The van der Waals surface area contributed by atoms with Gasteiger partial charge in [-0.15, -0.1) is 0 Å². The number of phosphoric ester groups is 1. The molecule has 0 aromatic rings. The van der Waals surface area contributed by atoms with Crippen molar-refractivity contribution in [1.82, 2.24) is 0 Å². The van der Waals surface area contributed by atoms with Gasteiger partial charge in [0.25, 0.3) is 0 Å². The summed E-state index contributed by atoms with van der Waals surface area (Å²) in [6.07, 6.45) is 51.0. The van der Waals surface area contributed by atoms with Crippen molar-refractivity contribution in [3.63, 3.8) is 0 Å². The van der Waals surface area contributed by atoms with Gasteiger partial charge < -0.3 is 24.2 Å². The van der Waals surface area contributed by atoms with Crippen LogP contribution in [-0.2, 0) is 42.2 Å². The molecule has 12 heteroatoms. The highest BCUT2D eigenvalue weighted by Gasteiger charge is 2.28. The highest BCUT2D eigenvalue weighted by atomic mass is 31.2. The van der Waals surface area contributed by atoms with Crippen LogP contribution in [0, 0.1) is 0 Å². The van der Waals surface area contributed by atoms with Crippen molar-refractivity contribution in [2.24, 2.45) is 0 Å². The number of hydrogen-bond donors (Lipinski definition) is 2. The Morgan fingerprint density at radius 2 is 0.721 bits per heavy atom. The Bertz CT molecular complexity index is 1280. The molecule has 3 unspecified atom stereocenters. The van der Waals surface area contributed by atoms with Gasteiger partial charge >= 0.3 is 25.7 Å². The quantitative estimate of drug-likeness (QED) is 0.0197. The summed E-state index contributed by atoms with van der Waals surface area (Å²) in [5.41, 5.74) is 0. The lowest BCUT2D eigenvalue weighted by molar-refractivity contribution is -0.161. The number of unbranched alkanes of at least 4 members (excludes halogenated alkanes) is 29. The van der Waals surface area contributed by atoms with E-state index in [9.17, 15) is 28.9 Å². The fraction of sp³-hybridized carbons (Fsp3) is 0.839. The van der Waals surface area contributed by atoms with Crippen LogP contribution in [-0.4, -0.2) is 66.5 Å². The number of carbonyl (C=O) groups is 3. The molecule has 0 bridgehead atoms. The topological polar surface area (TPSA) is 155 Å². The lowest BCUT2D eigenvalue weighted by Crippen LogP contribution is -2.30. The van der Waals surface area contributed by atoms with Crippen LogP contribution in [0.2, 0.25) is 0 Å². The Labute approximate surface area is 416 Å². The van der Waals surface area contributed by atoms with Crippen molar-refractivity contribution in [3.8, 4) is 0 Å². The van der Waals surface area contributed by atoms with Gasteiger partial charge in [-0.3, -0.25) is 23.4 Å². The van der Waals surface area contributed by atoms with Crippen molar-refractivity contribution in [2.45, 2.75) is 277 Å². The van der Waals surface area contributed by atoms with E-state index in [4.69, 9.17) is 23.3 Å². The zero-order valence-corrected chi connectivity index (χ0v) is 44.7. The van der Waals surface area contributed by atoms with Crippen LogP contribution in [0.3, 0.4) is 0 Å². The highest BCUT2D eigenvalue weighted by Crippen LogP contribution is 2.43.